The van der Waals surface area contributed by atoms with Gasteiger partial charge in [-0.25, -0.2) is 0 Å². The van der Waals surface area contributed by atoms with Crippen molar-refractivity contribution in [1.29, 1.82) is 0 Å². The summed E-state index contributed by atoms with van der Waals surface area (Å²) in [6, 6.07) is 4.99. The Bertz CT molecular complexity index is 434. The predicted octanol–water partition coefficient (Wildman–Crippen LogP) is 0.381. The molecule has 1 aromatic carbocycles. The van der Waals surface area contributed by atoms with E-state index in [0.29, 0.717) is 11.0 Å². The molecule has 12 heavy (non-hydrogen) atoms. The summed E-state index contributed by atoms with van der Waals surface area (Å²) in [4.78, 5) is 10.7. The van der Waals surface area contributed by atoms with Gasteiger partial charge in [0, 0.05) is 0 Å². The topological polar surface area (TPSA) is 82.4 Å². The number of carbonyl (C=O) groups excluding carboxylic acids is 1. The molecule has 2 N–H and O–H groups in total. The summed E-state index contributed by atoms with van der Waals surface area (Å²) in [5.41, 5.74) is 8.33. The summed E-state index contributed by atoms with van der Waals surface area (Å²) >= 11 is 0. The van der Waals surface area contributed by atoms with Crippen LogP contribution >= 0.6 is 0 Å². The second kappa shape index (κ2) is 2.30. The lowest BCUT2D eigenvalue weighted by Crippen LogP contribution is -1.99. The third-order valence-corrected chi connectivity index (χ3v) is 1.60. The summed E-state index contributed by atoms with van der Waals surface area (Å²) in [6.07, 6.45) is 0. The molecule has 0 saturated heterocycles. The molecule has 0 unspecified atom stereocenters. The van der Waals surface area contributed by atoms with Gasteiger partial charge in [-0.05, 0) is 12.1 Å². The molecule has 1 amide bonds. The number of fused-ring (bicyclic) bond motifs is 1. The van der Waals surface area contributed by atoms with Crippen molar-refractivity contribution in [3.63, 3.8) is 0 Å². The molecular weight excluding hydrogens is 156 g/mol. The monoisotopic (exact) mass is 161 g/mol. The van der Waals surface area contributed by atoms with Crippen molar-refractivity contribution in [3.8, 4) is 0 Å². The van der Waals surface area contributed by atoms with Crippen molar-refractivity contribution in [1.82, 2.24) is 21.1 Å². The molecule has 59 valence electrons. The van der Waals surface area contributed by atoms with Crippen LogP contribution in [0.3, 0.4) is 0 Å². The fourth-order valence-corrected chi connectivity index (χ4v) is 1.05. The van der Waals surface area contributed by atoms with Crippen LogP contribution in [0.4, 0.5) is 0 Å². The third kappa shape index (κ3) is 0.833. The van der Waals surface area contributed by atoms with Crippen molar-refractivity contribution in [2.24, 2.45) is 0 Å². The molecule has 1 radical (unpaired) electrons. The van der Waals surface area contributed by atoms with Gasteiger partial charge in [0.1, 0.15) is 5.52 Å². The maximum absolute atomic E-state index is 10.7. The quantitative estimate of drug-likeness (QED) is 0.656. The third-order valence-electron chi connectivity index (χ3n) is 1.60. The van der Waals surface area contributed by atoms with Crippen LogP contribution in [0.2, 0.25) is 0 Å². The highest BCUT2D eigenvalue weighted by Crippen LogP contribution is 2.12. The normalized spacial score (nSPS) is 10.3. The average Bonchev–Trinajstić information content (AvgIpc) is 2.49. The fourth-order valence-electron chi connectivity index (χ4n) is 1.05. The lowest BCUT2D eigenvalue weighted by atomic mass is 10.2. The number of hydrogen-bond acceptors (Lipinski definition) is 3. The Hall–Kier alpha value is -1.91. The molecule has 0 aliphatic heterocycles. The van der Waals surface area contributed by atoms with Crippen molar-refractivity contribution in [3.05, 3.63) is 23.8 Å². The van der Waals surface area contributed by atoms with Gasteiger partial charge in [-0.3, -0.25) is 15.6 Å². The van der Waals surface area contributed by atoms with Gasteiger partial charge in [0.2, 0.25) is 0 Å². The van der Waals surface area contributed by atoms with Gasteiger partial charge >= 0.3 is 0 Å². The van der Waals surface area contributed by atoms with Crippen LogP contribution in [-0.2, 0) is 0 Å². The van der Waals surface area contributed by atoms with E-state index < -0.39 is 5.91 Å². The first-order valence-corrected chi connectivity index (χ1v) is 3.35. The minimum atomic E-state index is -0.741. The number of H-pyrrole nitrogens is 1. The molecule has 2 aromatic rings. The molecule has 2 rings (SSSR count). The second-order valence-electron chi connectivity index (χ2n) is 2.34. The largest absolute Gasteiger partial charge is 0.272 e. The lowest BCUT2D eigenvalue weighted by molar-refractivity contribution is 0.0993. The zero-order valence-corrected chi connectivity index (χ0v) is 6.03. The van der Waals surface area contributed by atoms with Gasteiger partial charge in [0.15, 0.2) is 0 Å². The highest BCUT2D eigenvalue weighted by molar-refractivity contribution is 6.03. The van der Waals surface area contributed by atoms with Crippen LogP contribution in [0, 0.1) is 0 Å². The number of nitrogens with zero attached hydrogens (tertiary/aromatic N) is 2. The van der Waals surface area contributed by atoms with Crippen LogP contribution in [-0.4, -0.2) is 21.3 Å². The number of benzene rings is 1. The Morgan fingerprint density at radius 3 is 3.08 bits per heavy atom. The lowest BCUT2D eigenvalue weighted by Gasteiger charge is -1.92. The Morgan fingerprint density at radius 2 is 2.33 bits per heavy atom. The SMILES string of the molecule is [NH]C(=O)c1cccc2[nH]nnc12. The molecular formula is C7H5N4O. The van der Waals surface area contributed by atoms with E-state index in [1.54, 1.807) is 18.2 Å². The maximum Gasteiger partial charge on any atom is 0.272 e. The first kappa shape index (κ1) is 6.78. The minimum absolute atomic E-state index is 0.279. The molecule has 0 aliphatic rings. The summed E-state index contributed by atoms with van der Waals surface area (Å²) in [5, 5.41) is 9.85. The molecule has 5 nitrogen and oxygen atoms in total. The van der Waals surface area contributed by atoms with Crippen molar-refractivity contribution < 1.29 is 4.79 Å². The van der Waals surface area contributed by atoms with E-state index in [1.807, 2.05) is 0 Å². The zero-order chi connectivity index (χ0) is 8.55. The van der Waals surface area contributed by atoms with Gasteiger partial charge in [-0.1, -0.05) is 11.3 Å². The van der Waals surface area contributed by atoms with E-state index in [1.165, 1.54) is 0 Å². The summed E-state index contributed by atoms with van der Waals surface area (Å²) < 4.78 is 0. The number of nitrogens with one attached hydrogen (secondary N) is 2. The van der Waals surface area contributed by atoms with Crippen LogP contribution in [0.15, 0.2) is 18.2 Å². The zero-order valence-electron chi connectivity index (χ0n) is 6.03. The van der Waals surface area contributed by atoms with Crippen molar-refractivity contribution in [2.45, 2.75) is 0 Å². The highest BCUT2D eigenvalue weighted by Gasteiger charge is 2.08. The van der Waals surface area contributed by atoms with Crippen molar-refractivity contribution >= 4 is 16.9 Å². The molecule has 0 aliphatic carbocycles. The highest BCUT2D eigenvalue weighted by atomic mass is 16.1. The molecule has 1 heterocycles. The molecule has 0 bridgehead atoms. The van der Waals surface area contributed by atoms with Gasteiger partial charge in [0.25, 0.3) is 5.91 Å². The van der Waals surface area contributed by atoms with Crippen molar-refractivity contribution in [2.75, 3.05) is 0 Å². The van der Waals surface area contributed by atoms with E-state index in [2.05, 4.69) is 15.4 Å². The Labute approximate surface area is 67.6 Å². The van der Waals surface area contributed by atoms with E-state index >= 15 is 0 Å². The smallest absolute Gasteiger partial charge is 0.267 e. The molecule has 0 atom stereocenters. The molecule has 0 spiro atoms. The summed E-state index contributed by atoms with van der Waals surface area (Å²) in [5.74, 6) is -0.741. The maximum atomic E-state index is 10.7. The van der Waals surface area contributed by atoms with E-state index in [9.17, 15) is 4.79 Å². The number of carbonyl (C=O) groups is 1. The van der Waals surface area contributed by atoms with Crippen LogP contribution in [0.5, 0.6) is 0 Å². The number of hydrogen-bond donors (Lipinski definition) is 1. The first-order valence-electron chi connectivity index (χ1n) is 3.35. The predicted molar refractivity (Wildman–Crippen MR) is 41.3 cm³/mol. The molecule has 0 fully saturated rings. The fraction of sp³-hybridized carbons (Fsp3) is 0. The second-order valence-corrected chi connectivity index (χ2v) is 2.34. The van der Waals surface area contributed by atoms with Gasteiger partial charge in [-0.15, -0.1) is 5.10 Å². The van der Waals surface area contributed by atoms with Gasteiger partial charge in [0.05, 0.1) is 11.1 Å². The Morgan fingerprint density at radius 1 is 1.50 bits per heavy atom. The molecule has 0 saturated carbocycles. The van der Waals surface area contributed by atoms with Crippen LogP contribution in [0.1, 0.15) is 10.4 Å². The van der Waals surface area contributed by atoms with E-state index in [4.69, 9.17) is 5.73 Å². The average molecular weight is 161 g/mol. The number of aromatic nitrogens is 3. The Balaban J connectivity index is 2.82. The summed E-state index contributed by atoms with van der Waals surface area (Å²) in [6.45, 7) is 0. The first-order chi connectivity index (χ1) is 5.79. The standard InChI is InChI=1S/C7H5N4O/c8-7(12)4-2-1-3-5-6(4)10-11-9-5/h1-3,8H,(H,9,10,11). The van der Waals surface area contributed by atoms with E-state index in [0.717, 1.165) is 0 Å². The number of aromatic amines is 1. The number of amides is 1. The Kier molecular flexibility index (Phi) is 1.30. The number of rotatable bonds is 1. The van der Waals surface area contributed by atoms with Gasteiger partial charge in [-0.2, -0.15) is 0 Å². The minimum Gasteiger partial charge on any atom is -0.267 e. The van der Waals surface area contributed by atoms with Crippen LogP contribution in [0.25, 0.3) is 11.0 Å². The van der Waals surface area contributed by atoms with Crippen LogP contribution < -0.4 is 5.73 Å². The summed E-state index contributed by atoms with van der Waals surface area (Å²) in [7, 11) is 0. The van der Waals surface area contributed by atoms with Gasteiger partial charge < -0.3 is 0 Å². The molecule has 1 aromatic heterocycles. The molecule has 5 heteroatoms. The van der Waals surface area contributed by atoms with E-state index in [-0.39, 0.29) is 5.56 Å².